The molecule has 0 aliphatic carbocycles. The normalized spacial score (nSPS) is 14.1. The van der Waals surface area contributed by atoms with Gasteiger partial charge in [-0.05, 0) is 67.0 Å². The number of aliphatic hydroxyl groups is 4. The molecule has 0 bridgehead atoms. The van der Waals surface area contributed by atoms with Gasteiger partial charge >= 0.3 is 5.97 Å². The summed E-state index contributed by atoms with van der Waals surface area (Å²) in [6.07, 6.45) is -4.15. The first kappa shape index (κ1) is 35.6. The van der Waals surface area contributed by atoms with Crippen molar-refractivity contribution in [2.75, 3.05) is 6.54 Å². The number of benzene rings is 2. The van der Waals surface area contributed by atoms with E-state index in [9.17, 15) is 39.2 Å². The van der Waals surface area contributed by atoms with Gasteiger partial charge in [-0.15, -0.1) is 0 Å². The first-order valence-corrected chi connectivity index (χ1v) is 15.1. The molecule has 1 amide bonds. The quantitative estimate of drug-likeness (QED) is 0.116. The summed E-state index contributed by atoms with van der Waals surface area (Å²) in [5, 5.41) is 52.1. The average Bonchev–Trinajstić information content (AvgIpc) is 3.30. The second kappa shape index (κ2) is 17.0. The predicted octanol–water partition coefficient (Wildman–Crippen LogP) is 3.88. The third-order valence-corrected chi connectivity index (χ3v) is 7.59. The third-order valence-electron chi connectivity index (χ3n) is 7.59. The number of aliphatic carboxylic acids is 1. The minimum Gasteiger partial charge on any atom is -0.481 e. The van der Waals surface area contributed by atoms with Crippen LogP contribution in [-0.2, 0) is 16.1 Å². The van der Waals surface area contributed by atoms with Gasteiger partial charge in [0.15, 0.2) is 6.29 Å². The lowest BCUT2D eigenvalue weighted by molar-refractivity contribution is -0.139. The fourth-order valence-electron chi connectivity index (χ4n) is 5.61. The molecule has 0 aliphatic heterocycles. The van der Waals surface area contributed by atoms with Crippen molar-refractivity contribution in [3.05, 3.63) is 71.7 Å². The number of halogens is 1. The largest absolute Gasteiger partial charge is 0.481 e. The van der Waals surface area contributed by atoms with Gasteiger partial charge in [-0.2, -0.15) is 0 Å². The van der Waals surface area contributed by atoms with Crippen LogP contribution in [0.25, 0.3) is 22.4 Å². The smallest absolute Gasteiger partial charge is 0.305 e. The number of carbonyl (C=O) groups is 3. The van der Waals surface area contributed by atoms with Crippen LogP contribution in [0.4, 0.5) is 4.39 Å². The first-order valence-electron chi connectivity index (χ1n) is 15.1. The van der Waals surface area contributed by atoms with Crippen LogP contribution in [0.3, 0.4) is 0 Å². The molecule has 0 saturated carbocycles. The van der Waals surface area contributed by atoms with Crippen LogP contribution in [-0.4, -0.2) is 79.2 Å². The second-order valence-corrected chi connectivity index (χ2v) is 11.6. The number of hydrogen-bond acceptors (Lipinski definition) is 7. The molecule has 0 aliphatic rings. The molecule has 11 heteroatoms. The Hall–Kier alpha value is -3.90. The van der Waals surface area contributed by atoms with Gasteiger partial charge in [-0.3, -0.25) is 14.4 Å². The van der Waals surface area contributed by atoms with Gasteiger partial charge in [0.05, 0.1) is 43.0 Å². The zero-order valence-corrected chi connectivity index (χ0v) is 25.6. The van der Waals surface area contributed by atoms with Crippen LogP contribution in [0.2, 0.25) is 0 Å². The minimum absolute atomic E-state index is 0.0627. The van der Waals surface area contributed by atoms with Crippen LogP contribution in [0, 0.1) is 5.82 Å². The molecule has 0 spiro atoms. The summed E-state index contributed by atoms with van der Waals surface area (Å²) in [5.74, 6) is -2.12. The molecule has 1 aromatic heterocycles. The number of aldehydes is 1. The van der Waals surface area contributed by atoms with E-state index in [4.69, 9.17) is 5.11 Å². The molecule has 0 saturated heterocycles. The summed E-state index contributed by atoms with van der Waals surface area (Å²) in [4.78, 5) is 35.4. The number of hydrogen-bond donors (Lipinski definition) is 6. The van der Waals surface area contributed by atoms with E-state index in [1.165, 1.54) is 12.1 Å². The van der Waals surface area contributed by atoms with E-state index in [2.05, 4.69) is 5.32 Å². The Bertz CT molecular complexity index is 1410. The van der Waals surface area contributed by atoms with Gasteiger partial charge < -0.3 is 35.4 Å². The standard InChI is InChI=1S/C34H43FN2O8/c1-21(2)33-29(20-38)32(22-6-4-3-5-7-22)34(23-8-10-24(35)11-9-23)37(33)15-13-26(40)17-27(41)18-30(43)36-14-12-25(39)16-28(42)19-31(44)45/h3-11,20-21,25-28,39-42H,12-19H2,1-2H3,(H,36,43)(H,44,45). The number of carbonyl (C=O) groups excluding carboxylic acids is 2. The van der Waals surface area contributed by atoms with Crippen LogP contribution in [0.1, 0.15) is 74.3 Å². The molecular weight excluding hydrogens is 583 g/mol. The van der Waals surface area contributed by atoms with E-state index in [-0.39, 0.29) is 44.6 Å². The van der Waals surface area contributed by atoms with E-state index in [1.807, 2.05) is 48.7 Å². The highest BCUT2D eigenvalue weighted by atomic mass is 19.1. The van der Waals surface area contributed by atoms with Crippen LogP contribution < -0.4 is 5.32 Å². The lowest BCUT2D eigenvalue weighted by Gasteiger charge is -2.20. The molecule has 3 aromatic rings. The zero-order valence-electron chi connectivity index (χ0n) is 25.6. The zero-order chi connectivity index (χ0) is 33.1. The van der Waals surface area contributed by atoms with E-state index in [0.29, 0.717) is 23.2 Å². The number of carboxylic acid groups (broad SMARTS) is 1. The summed E-state index contributed by atoms with van der Waals surface area (Å²) in [6.45, 7) is 4.30. The number of nitrogens with zero attached hydrogens (tertiary/aromatic N) is 1. The summed E-state index contributed by atoms with van der Waals surface area (Å²) in [6, 6.07) is 15.5. The Morgan fingerprint density at radius 2 is 1.44 bits per heavy atom. The van der Waals surface area contributed by atoms with Crippen molar-refractivity contribution in [2.45, 2.75) is 89.3 Å². The summed E-state index contributed by atoms with van der Waals surface area (Å²) < 4.78 is 15.8. The lowest BCUT2D eigenvalue weighted by atomic mass is 9.96. The van der Waals surface area contributed by atoms with Crippen molar-refractivity contribution in [1.82, 2.24) is 9.88 Å². The molecule has 4 atom stereocenters. The van der Waals surface area contributed by atoms with Gasteiger partial charge in [-0.25, -0.2) is 4.39 Å². The first-order chi connectivity index (χ1) is 21.4. The van der Waals surface area contributed by atoms with E-state index in [1.54, 1.807) is 12.1 Å². The van der Waals surface area contributed by atoms with Crippen molar-refractivity contribution >= 4 is 18.2 Å². The fraction of sp³-hybridized carbons (Fsp3) is 0.441. The maximum absolute atomic E-state index is 13.9. The average molecular weight is 627 g/mol. The molecule has 1 heterocycles. The van der Waals surface area contributed by atoms with E-state index >= 15 is 0 Å². The highest BCUT2D eigenvalue weighted by molar-refractivity contribution is 5.97. The monoisotopic (exact) mass is 626 g/mol. The third kappa shape index (κ3) is 10.3. The molecule has 0 radical (unpaired) electrons. The van der Waals surface area contributed by atoms with Gasteiger partial charge in [0.2, 0.25) is 5.91 Å². The predicted molar refractivity (Wildman–Crippen MR) is 167 cm³/mol. The van der Waals surface area contributed by atoms with Crippen molar-refractivity contribution in [3.63, 3.8) is 0 Å². The number of nitrogens with one attached hydrogen (secondary N) is 1. The molecule has 244 valence electrons. The number of rotatable bonds is 18. The number of carboxylic acids is 1. The Morgan fingerprint density at radius 3 is 2.02 bits per heavy atom. The van der Waals surface area contributed by atoms with Crippen LogP contribution in [0.15, 0.2) is 54.6 Å². The van der Waals surface area contributed by atoms with E-state index in [0.717, 1.165) is 23.2 Å². The molecule has 45 heavy (non-hydrogen) atoms. The topological polar surface area (TPSA) is 169 Å². The van der Waals surface area contributed by atoms with E-state index < -0.39 is 48.5 Å². The number of amides is 1. The molecule has 6 N–H and O–H groups in total. The van der Waals surface area contributed by atoms with Crippen molar-refractivity contribution in [2.24, 2.45) is 0 Å². The van der Waals surface area contributed by atoms with Crippen molar-refractivity contribution < 1.29 is 44.3 Å². The highest BCUT2D eigenvalue weighted by Gasteiger charge is 2.27. The molecular formula is C34H43FN2O8. The van der Waals surface area contributed by atoms with Crippen molar-refractivity contribution in [3.8, 4) is 22.4 Å². The summed E-state index contributed by atoms with van der Waals surface area (Å²) in [7, 11) is 0. The molecule has 4 unspecified atom stereocenters. The SMILES string of the molecule is CC(C)c1c(C=O)c(-c2ccccc2)c(-c2ccc(F)cc2)n1CCC(O)CC(O)CC(=O)NCCC(O)CC(O)CC(=O)O. The van der Waals surface area contributed by atoms with Crippen molar-refractivity contribution in [1.29, 1.82) is 0 Å². The van der Waals surface area contributed by atoms with Crippen LogP contribution >= 0.6 is 0 Å². The Morgan fingerprint density at radius 1 is 0.844 bits per heavy atom. The maximum atomic E-state index is 13.9. The van der Waals surface area contributed by atoms with Crippen LogP contribution in [0.5, 0.6) is 0 Å². The fourth-order valence-corrected chi connectivity index (χ4v) is 5.61. The van der Waals surface area contributed by atoms with Gasteiger partial charge in [0.1, 0.15) is 5.82 Å². The lowest BCUT2D eigenvalue weighted by Crippen LogP contribution is -2.32. The molecule has 2 aromatic carbocycles. The summed E-state index contributed by atoms with van der Waals surface area (Å²) >= 11 is 0. The van der Waals surface area contributed by atoms with Gasteiger partial charge in [-0.1, -0.05) is 44.2 Å². The van der Waals surface area contributed by atoms with Gasteiger partial charge in [0, 0.05) is 29.9 Å². The Kier molecular flexibility index (Phi) is 13.4. The molecule has 3 rings (SSSR count). The number of aromatic nitrogens is 1. The Balaban J connectivity index is 1.69. The van der Waals surface area contributed by atoms with Gasteiger partial charge in [0.25, 0.3) is 0 Å². The molecule has 10 nitrogen and oxygen atoms in total. The minimum atomic E-state index is -1.19. The Labute approximate surface area is 262 Å². The highest BCUT2D eigenvalue weighted by Crippen LogP contribution is 2.41. The summed E-state index contributed by atoms with van der Waals surface area (Å²) in [5.41, 5.74) is 4.25. The maximum Gasteiger partial charge on any atom is 0.305 e. The second-order valence-electron chi connectivity index (χ2n) is 11.6. The molecule has 0 fully saturated rings. The number of aliphatic hydroxyl groups excluding tert-OH is 4.